The summed E-state index contributed by atoms with van der Waals surface area (Å²) in [7, 11) is 1.88. The lowest BCUT2D eigenvalue weighted by atomic mass is 9.91. The van der Waals surface area contributed by atoms with Crippen molar-refractivity contribution in [3.63, 3.8) is 0 Å². The maximum absolute atomic E-state index is 6.76. The van der Waals surface area contributed by atoms with E-state index in [0.29, 0.717) is 52.6 Å². The first-order valence-corrected chi connectivity index (χ1v) is 12.2. The Morgan fingerprint density at radius 3 is 2.89 bits per heavy atom. The van der Waals surface area contributed by atoms with E-state index in [1.807, 2.05) is 23.9 Å². The fraction of sp³-hybridized carbons (Fsp3) is 0.417. The molecule has 2 aliphatic rings. The van der Waals surface area contributed by atoms with Crippen LogP contribution < -0.4 is 19.9 Å². The molecule has 12 heteroatoms. The number of halogens is 1. The Morgan fingerprint density at radius 2 is 2.11 bits per heavy atom. The van der Waals surface area contributed by atoms with E-state index in [1.54, 1.807) is 16.8 Å². The van der Waals surface area contributed by atoms with Gasteiger partial charge in [0.15, 0.2) is 29.5 Å². The highest BCUT2D eigenvalue weighted by molar-refractivity contribution is 6.36. The largest absolute Gasteiger partial charge is 0.452 e. The van der Waals surface area contributed by atoms with Gasteiger partial charge in [-0.1, -0.05) is 42.5 Å². The number of hydrogen-bond acceptors (Lipinski definition) is 8. The summed E-state index contributed by atoms with van der Waals surface area (Å²) in [5.74, 6) is 2.22. The molecule has 11 nitrogen and oxygen atoms in total. The fourth-order valence-electron chi connectivity index (χ4n) is 4.48. The number of ether oxygens (including phenoxy) is 2. The van der Waals surface area contributed by atoms with Gasteiger partial charge in [0.25, 0.3) is 0 Å². The highest BCUT2D eigenvalue weighted by atomic mass is 35.5. The summed E-state index contributed by atoms with van der Waals surface area (Å²) in [6.07, 6.45) is 6.02. The molecule has 6 rings (SSSR count). The van der Waals surface area contributed by atoms with Crippen molar-refractivity contribution in [1.29, 1.82) is 0 Å². The molecular weight excluding hydrogens is 482 g/mol. The van der Waals surface area contributed by atoms with E-state index in [-0.39, 0.29) is 11.5 Å². The van der Waals surface area contributed by atoms with E-state index in [9.17, 15) is 0 Å². The predicted molar refractivity (Wildman–Crippen MR) is 132 cm³/mol. The molecule has 1 N–H and O–H groups in total. The van der Waals surface area contributed by atoms with Gasteiger partial charge in [0.05, 0.1) is 24.9 Å². The maximum atomic E-state index is 6.76. The molecule has 6 heterocycles. The maximum Gasteiger partial charge on any atom is 0.346 e. The van der Waals surface area contributed by atoms with Crippen molar-refractivity contribution in [3.05, 3.63) is 46.9 Å². The van der Waals surface area contributed by atoms with E-state index in [2.05, 4.69) is 56.9 Å². The summed E-state index contributed by atoms with van der Waals surface area (Å²) in [5.41, 5.74) is 2.94. The minimum atomic E-state index is -0.0742. The summed E-state index contributed by atoms with van der Waals surface area (Å²) in [5, 5.41) is 12.9. The Bertz CT molecular complexity index is 1600. The molecule has 0 aromatic carbocycles. The van der Waals surface area contributed by atoms with Crippen molar-refractivity contribution < 1.29 is 13.8 Å². The molecule has 0 bridgehead atoms. The average Bonchev–Trinajstić information content (AvgIpc) is 3.62. The van der Waals surface area contributed by atoms with E-state index in [0.717, 1.165) is 24.2 Å². The third-order valence-electron chi connectivity index (χ3n) is 6.35. The van der Waals surface area contributed by atoms with Crippen LogP contribution in [-0.4, -0.2) is 49.2 Å². The van der Waals surface area contributed by atoms with Gasteiger partial charge in [0.1, 0.15) is 23.0 Å². The lowest BCUT2D eigenvalue weighted by Gasteiger charge is -2.22. The number of hydrogen-bond donors (Lipinski definition) is 1. The van der Waals surface area contributed by atoms with Crippen LogP contribution in [0.1, 0.15) is 38.9 Å². The smallest absolute Gasteiger partial charge is 0.346 e. The standard InChI is InChI=1S/C24H27ClN9O2/c1-24(2,3)17-10-18(31-34(17)14-5-8-35-13-14)29-23-30-22-21(32(23)4)20(25)16(12-27-22)36-15-9-19-26-6-7-33(19)28-11-15/h7,9-12,14H,5-6,8,13H2,1-4H3,(H,27,29,30,31)/q+1/t14-/m0/s1. The van der Waals surface area contributed by atoms with Crippen LogP contribution in [0.15, 0.2) is 29.5 Å². The summed E-state index contributed by atoms with van der Waals surface area (Å²) >= 11 is 6.76. The Morgan fingerprint density at radius 1 is 1.25 bits per heavy atom. The molecule has 0 saturated carbocycles. The molecule has 0 aliphatic carbocycles. The van der Waals surface area contributed by atoms with Crippen molar-refractivity contribution in [2.24, 2.45) is 12.0 Å². The molecule has 1 saturated heterocycles. The Balaban J connectivity index is 1.32. The first-order valence-electron chi connectivity index (χ1n) is 11.8. The van der Waals surface area contributed by atoms with Crippen molar-refractivity contribution in [2.75, 3.05) is 25.1 Å². The number of nitrogens with one attached hydrogen (secondary N) is 1. The summed E-state index contributed by atoms with van der Waals surface area (Å²) in [6, 6.07) is 4.11. The van der Waals surface area contributed by atoms with Crippen molar-refractivity contribution >= 4 is 34.5 Å². The second-order valence-electron chi connectivity index (χ2n) is 9.97. The van der Waals surface area contributed by atoms with Gasteiger partial charge in [-0.3, -0.25) is 4.68 Å². The van der Waals surface area contributed by atoms with Crippen molar-refractivity contribution in [2.45, 2.75) is 38.6 Å². The molecular formula is C24H27ClN9O2+. The highest BCUT2D eigenvalue weighted by Gasteiger charge is 2.28. The van der Waals surface area contributed by atoms with Crippen LogP contribution in [0.4, 0.5) is 11.8 Å². The topological polar surface area (TPSA) is 110 Å². The van der Waals surface area contributed by atoms with E-state index in [4.69, 9.17) is 26.2 Å². The van der Waals surface area contributed by atoms with Gasteiger partial charge in [-0.2, -0.15) is 10.1 Å². The quantitative estimate of drug-likeness (QED) is 0.413. The van der Waals surface area contributed by atoms with E-state index >= 15 is 0 Å². The Hall–Kier alpha value is -3.57. The SMILES string of the molecule is Cn1c(Nc2cc(C(C)(C)C)n([C@H]3CCOC3)n2)nc2ncc(Oc3cn[n+]4c(c3)=NCC=4)c(Cl)c21. The van der Waals surface area contributed by atoms with Gasteiger partial charge in [-0.05, 0) is 6.42 Å². The molecule has 4 aromatic heterocycles. The Labute approximate surface area is 212 Å². The molecule has 186 valence electrons. The first kappa shape index (κ1) is 22.9. The lowest BCUT2D eigenvalue weighted by Crippen LogP contribution is -2.37. The predicted octanol–water partition coefficient (Wildman–Crippen LogP) is 2.94. The molecule has 0 unspecified atom stereocenters. The number of aryl methyl sites for hydroxylation is 1. The minimum Gasteiger partial charge on any atom is -0.452 e. The fourth-order valence-corrected chi connectivity index (χ4v) is 4.78. The minimum absolute atomic E-state index is 0.0742. The van der Waals surface area contributed by atoms with Crippen LogP contribution >= 0.6 is 11.6 Å². The van der Waals surface area contributed by atoms with Crippen LogP contribution in [0.3, 0.4) is 0 Å². The van der Waals surface area contributed by atoms with Gasteiger partial charge < -0.3 is 19.4 Å². The summed E-state index contributed by atoms with van der Waals surface area (Å²) in [4.78, 5) is 13.5. The zero-order valence-electron chi connectivity index (χ0n) is 20.6. The number of anilines is 2. The molecule has 1 atom stereocenters. The van der Waals surface area contributed by atoms with E-state index in [1.165, 1.54) is 0 Å². The zero-order valence-corrected chi connectivity index (χ0v) is 21.3. The van der Waals surface area contributed by atoms with Gasteiger partial charge in [-0.25, -0.2) is 4.98 Å². The van der Waals surface area contributed by atoms with Crippen molar-refractivity contribution in [1.82, 2.24) is 29.4 Å². The molecule has 36 heavy (non-hydrogen) atoms. The molecule has 0 amide bonds. The summed E-state index contributed by atoms with van der Waals surface area (Å²) < 4.78 is 17.3. The lowest BCUT2D eigenvalue weighted by molar-refractivity contribution is -0.589. The monoisotopic (exact) mass is 508 g/mol. The number of rotatable bonds is 5. The second-order valence-corrected chi connectivity index (χ2v) is 10.4. The number of aromatic nitrogens is 7. The molecule has 1 fully saturated rings. The number of fused-ring (bicyclic) bond motifs is 2. The number of imidazole rings is 1. The van der Waals surface area contributed by atoms with Gasteiger partial charge in [-0.15, -0.1) is 4.36 Å². The third-order valence-corrected chi connectivity index (χ3v) is 6.72. The van der Waals surface area contributed by atoms with Crippen LogP contribution in [-0.2, 0) is 17.2 Å². The molecule has 2 aliphatic heterocycles. The van der Waals surface area contributed by atoms with Gasteiger partial charge in [0, 0.05) is 30.8 Å². The zero-order chi connectivity index (χ0) is 25.0. The highest BCUT2D eigenvalue weighted by Crippen LogP contribution is 2.36. The van der Waals surface area contributed by atoms with Crippen LogP contribution in [0.5, 0.6) is 11.5 Å². The molecule has 0 spiro atoms. The van der Waals surface area contributed by atoms with E-state index < -0.39 is 0 Å². The van der Waals surface area contributed by atoms with Gasteiger partial charge >= 0.3 is 5.49 Å². The Kier molecular flexibility index (Phi) is 5.41. The molecule has 0 radical (unpaired) electrons. The second kappa shape index (κ2) is 8.52. The number of pyridine rings is 1. The third kappa shape index (κ3) is 3.97. The van der Waals surface area contributed by atoms with Crippen LogP contribution in [0.25, 0.3) is 11.2 Å². The summed E-state index contributed by atoms with van der Waals surface area (Å²) in [6.45, 7) is 8.57. The van der Waals surface area contributed by atoms with Crippen LogP contribution in [0.2, 0.25) is 5.02 Å². The molecule has 4 aromatic rings. The number of nitrogens with zero attached hydrogens (tertiary/aromatic N) is 8. The van der Waals surface area contributed by atoms with Crippen molar-refractivity contribution in [3.8, 4) is 11.5 Å². The normalized spacial score (nSPS) is 17.2. The van der Waals surface area contributed by atoms with Crippen LogP contribution in [0, 0.1) is 6.21 Å². The first-order chi connectivity index (χ1) is 17.3. The average molecular weight is 509 g/mol. The van der Waals surface area contributed by atoms with Gasteiger partial charge in [0.2, 0.25) is 5.95 Å².